The highest BCUT2D eigenvalue weighted by Crippen LogP contribution is 2.18. The molecule has 0 aliphatic carbocycles. The lowest BCUT2D eigenvalue weighted by Crippen LogP contribution is -2.13. The number of nitrogens with one attached hydrogen (secondary N) is 3. The van der Waals surface area contributed by atoms with Crippen molar-refractivity contribution in [2.75, 3.05) is 16.0 Å². The predicted molar refractivity (Wildman–Crippen MR) is 110 cm³/mol. The summed E-state index contributed by atoms with van der Waals surface area (Å²) in [7, 11) is 0. The fourth-order valence-electron chi connectivity index (χ4n) is 2.50. The summed E-state index contributed by atoms with van der Waals surface area (Å²) >= 11 is 0. The summed E-state index contributed by atoms with van der Waals surface area (Å²) in [5.74, 6) is -0.0482. The number of nitrogens with zero attached hydrogens (tertiary/aromatic N) is 2. The topological polar surface area (TPSA) is 96.0 Å². The monoisotopic (exact) mass is 375 g/mol. The molecule has 0 unspecified atom stereocenters. The Morgan fingerprint density at radius 1 is 0.786 bits per heavy atom. The van der Waals surface area contributed by atoms with E-state index in [-0.39, 0.29) is 11.8 Å². The molecular formula is C21H21N5O2. The van der Waals surface area contributed by atoms with Crippen molar-refractivity contribution in [2.24, 2.45) is 0 Å². The molecule has 3 N–H and O–H groups in total. The highest BCUT2D eigenvalue weighted by Gasteiger charge is 2.08. The maximum atomic E-state index is 12.3. The predicted octanol–water partition coefficient (Wildman–Crippen LogP) is 4.05. The Balaban J connectivity index is 1.63. The Kier molecular flexibility index (Phi) is 5.64. The average molecular weight is 375 g/mol. The lowest BCUT2D eigenvalue weighted by molar-refractivity contribution is -0.114. The minimum Gasteiger partial charge on any atom is -0.326 e. The molecule has 3 aromatic rings. The fourth-order valence-corrected chi connectivity index (χ4v) is 2.50. The number of carbonyl (C=O) groups excluding carboxylic acids is 2. The van der Waals surface area contributed by atoms with E-state index in [1.807, 2.05) is 25.1 Å². The van der Waals surface area contributed by atoms with Crippen LogP contribution in [0.4, 0.5) is 23.0 Å². The second-order valence-electron chi connectivity index (χ2n) is 6.43. The van der Waals surface area contributed by atoms with E-state index in [0.717, 1.165) is 5.69 Å². The molecular weight excluding hydrogens is 354 g/mol. The van der Waals surface area contributed by atoms with Gasteiger partial charge in [0.05, 0.1) is 5.56 Å². The molecule has 142 valence electrons. The zero-order valence-corrected chi connectivity index (χ0v) is 15.9. The van der Waals surface area contributed by atoms with Crippen molar-refractivity contribution in [3.05, 3.63) is 71.5 Å². The third kappa shape index (κ3) is 4.91. The minimum atomic E-state index is -0.315. The standard InChI is InChI=1S/C21H21N5O2/c1-13-4-5-19(10-14(13)2)26-21-22-11-16(12-23-21)20(28)25-18-8-6-17(7-9-18)24-15(3)27/h4-12H,1-3H3,(H,24,27)(H,25,28)(H,22,23,26). The van der Waals surface area contributed by atoms with Gasteiger partial charge in [0, 0.05) is 36.4 Å². The molecule has 1 aromatic heterocycles. The average Bonchev–Trinajstić information content (AvgIpc) is 2.66. The Hall–Kier alpha value is -3.74. The molecule has 1 heterocycles. The minimum absolute atomic E-state index is 0.150. The quantitative estimate of drug-likeness (QED) is 0.625. The number of anilines is 4. The van der Waals surface area contributed by atoms with Crippen molar-refractivity contribution in [3.8, 4) is 0 Å². The van der Waals surface area contributed by atoms with Gasteiger partial charge in [0.15, 0.2) is 0 Å². The Bertz CT molecular complexity index is 998. The van der Waals surface area contributed by atoms with E-state index in [2.05, 4.69) is 32.8 Å². The number of hydrogen-bond acceptors (Lipinski definition) is 5. The van der Waals surface area contributed by atoms with Gasteiger partial charge in [-0.25, -0.2) is 9.97 Å². The number of aryl methyl sites for hydroxylation is 2. The fraction of sp³-hybridized carbons (Fsp3) is 0.143. The Labute approximate surface area is 163 Å². The summed E-state index contributed by atoms with van der Waals surface area (Å²) in [4.78, 5) is 31.8. The van der Waals surface area contributed by atoms with Crippen LogP contribution in [0.5, 0.6) is 0 Å². The zero-order chi connectivity index (χ0) is 20.1. The van der Waals surface area contributed by atoms with Crippen molar-refractivity contribution in [2.45, 2.75) is 20.8 Å². The Morgan fingerprint density at radius 2 is 1.36 bits per heavy atom. The van der Waals surface area contributed by atoms with E-state index in [1.54, 1.807) is 24.3 Å². The molecule has 7 nitrogen and oxygen atoms in total. The third-order valence-electron chi connectivity index (χ3n) is 4.14. The smallest absolute Gasteiger partial charge is 0.258 e. The summed E-state index contributed by atoms with van der Waals surface area (Å²) in [5, 5.41) is 8.56. The molecule has 28 heavy (non-hydrogen) atoms. The van der Waals surface area contributed by atoms with Crippen LogP contribution in [0.25, 0.3) is 0 Å². The lowest BCUT2D eigenvalue weighted by atomic mass is 10.1. The Morgan fingerprint density at radius 3 is 1.93 bits per heavy atom. The van der Waals surface area contributed by atoms with Gasteiger partial charge < -0.3 is 16.0 Å². The van der Waals surface area contributed by atoms with Crippen LogP contribution >= 0.6 is 0 Å². The van der Waals surface area contributed by atoms with Crippen LogP contribution < -0.4 is 16.0 Å². The molecule has 2 amide bonds. The van der Waals surface area contributed by atoms with E-state index in [0.29, 0.717) is 22.9 Å². The SMILES string of the molecule is CC(=O)Nc1ccc(NC(=O)c2cnc(Nc3ccc(C)c(C)c3)nc2)cc1. The summed E-state index contributed by atoms with van der Waals surface area (Å²) in [5.41, 5.74) is 4.89. The maximum Gasteiger partial charge on any atom is 0.258 e. The maximum absolute atomic E-state index is 12.3. The largest absolute Gasteiger partial charge is 0.326 e. The highest BCUT2D eigenvalue weighted by atomic mass is 16.2. The van der Waals surface area contributed by atoms with Crippen LogP contribution in [-0.2, 0) is 4.79 Å². The molecule has 0 spiro atoms. The van der Waals surface area contributed by atoms with Crippen molar-refractivity contribution in [1.29, 1.82) is 0 Å². The van der Waals surface area contributed by atoms with Crippen LogP contribution in [0.2, 0.25) is 0 Å². The van der Waals surface area contributed by atoms with E-state index in [4.69, 9.17) is 0 Å². The molecule has 0 aliphatic rings. The summed E-state index contributed by atoms with van der Waals surface area (Å²) in [6.07, 6.45) is 2.94. The van der Waals surface area contributed by atoms with Gasteiger partial charge in [0.2, 0.25) is 11.9 Å². The molecule has 0 aliphatic heterocycles. The molecule has 0 bridgehead atoms. The van der Waals surface area contributed by atoms with Gasteiger partial charge in [-0.15, -0.1) is 0 Å². The molecule has 0 fully saturated rings. The molecule has 0 saturated heterocycles. The van der Waals surface area contributed by atoms with Gasteiger partial charge in [-0.1, -0.05) is 6.07 Å². The third-order valence-corrected chi connectivity index (χ3v) is 4.14. The van der Waals surface area contributed by atoms with Crippen LogP contribution in [0.15, 0.2) is 54.9 Å². The highest BCUT2D eigenvalue weighted by molar-refractivity contribution is 6.04. The van der Waals surface area contributed by atoms with Crippen LogP contribution in [-0.4, -0.2) is 21.8 Å². The number of aromatic nitrogens is 2. The number of rotatable bonds is 5. The van der Waals surface area contributed by atoms with Crippen molar-refractivity contribution >= 4 is 34.8 Å². The molecule has 0 atom stereocenters. The second kappa shape index (κ2) is 8.30. The summed E-state index contributed by atoms with van der Waals surface area (Å²) in [6.45, 7) is 5.53. The van der Waals surface area contributed by atoms with Gasteiger partial charge in [0.1, 0.15) is 0 Å². The van der Waals surface area contributed by atoms with E-state index in [1.165, 1.54) is 30.4 Å². The molecule has 3 rings (SSSR count). The first kappa shape index (κ1) is 19.0. The molecule has 7 heteroatoms. The van der Waals surface area contributed by atoms with E-state index in [9.17, 15) is 9.59 Å². The normalized spacial score (nSPS) is 10.2. The number of hydrogen-bond donors (Lipinski definition) is 3. The number of amides is 2. The van der Waals surface area contributed by atoms with Crippen LogP contribution in [0.3, 0.4) is 0 Å². The van der Waals surface area contributed by atoms with Crippen LogP contribution in [0.1, 0.15) is 28.4 Å². The molecule has 2 aromatic carbocycles. The first-order valence-corrected chi connectivity index (χ1v) is 8.76. The number of carbonyl (C=O) groups is 2. The number of benzene rings is 2. The van der Waals surface area contributed by atoms with Gasteiger partial charge in [0.25, 0.3) is 5.91 Å². The summed E-state index contributed by atoms with van der Waals surface area (Å²) < 4.78 is 0. The first-order chi connectivity index (χ1) is 13.4. The molecule has 0 saturated carbocycles. The van der Waals surface area contributed by atoms with Crippen molar-refractivity contribution in [1.82, 2.24) is 9.97 Å². The van der Waals surface area contributed by atoms with E-state index < -0.39 is 0 Å². The first-order valence-electron chi connectivity index (χ1n) is 8.76. The van der Waals surface area contributed by atoms with Crippen molar-refractivity contribution < 1.29 is 9.59 Å². The second-order valence-corrected chi connectivity index (χ2v) is 6.43. The van der Waals surface area contributed by atoms with E-state index >= 15 is 0 Å². The van der Waals surface area contributed by atoms with Gasteiger partial charge in [-0.05, 0) is 61.4 Å². The molecule has 0 radical (unpaired) electrons. The van der Waals surface area contributed by atoms with Crippen LogP contribution in [0, 0.1) is 13.8 Å². The van der Waals surface area contributed by atoms with Gasteiger partial charge >= 0.3 is 0 Å². The van der Waals surface area contributed by atoms with Gasteiger partial charge in [-0.3, -0.25) is 9.59 Å². The van der Waals surface area contributed by atoms with Crippen molar-refractivity contribution in [3.63, 3.8) is 0 Å². The summed E-state index contributed by atoms with van der Waals surface area (Å²) in [6, 6.07) is 12.8. The zero-order valence-electron chi connectivity index (χ0n) is 15.9. The lowest BCUT2D eigenvalue weighted by Gasteiger charge is -2.09. The van der Waals surface area contributed by atoms with Gasteiger partial charge in [-0.2, -0.15) is 0 Å².